The molecule has 2 aliphatic rings. The van der Waals surface area contributed by atoms with Crippen LogP contribution in [0.1, 0.15) is 42.5 Å². The van der Waals surface area contributed by atoms with Crippen molar-refractivity contribution in [2.75, 3.05) is 24.1 Å². The van der Waals surface area contributed by atoms with Crippen LogP contribution in [0.4, 0.5) is 17.6 Å². The van der Waals surface area contributed by atoms with Crippen molar-refractivity contribution in [3.8, 4) is 5.82 Å². The van der Waals surface area contributed by atoms with Gasteiger partial charge in [-0.3, -0.25) is 4.98 Å². The molecule has 3 N–H and O–H groups in total. The number of aryl methyl sites for hydroxylation is 3. The summed E-state index contributed by atoms with van der Waals surface area (Å²) in [5.41, 5.74) is 11.6. The highest BCUT2D eigenvalue weighted by Crippen LogP contribution is 2.30. The molecule has 0 aromatic carbocycles. The van der Waals surface area contributed by atoms with Crippen LogP contribution in [-0.2, 0) is 12.8 Å². The van der Waals surface area contributed by atoms with Gasteiger partial charge in [0.15, 0.2) is 5.82 Å². The Morgan fingerprint density at radius 3 is 2.85 bits per heavy atom. The quantitative estimate of drug-likeness (QED) is 0.443. The molecule has 5 heterocycles. The van der Waals surface area contributed by atoms with Gasteiger partial charge in [0, 0.05) is 11.7 Å². The first kappa shape index (κ1) is 20.5. The minimum atomic E-state index is 0.278. The lowest BCUT2D eigenvalue weighted by Crippen LogP contribution is -2.32. The van der Waals surface area contributed by atoms with E-state index in [1.165, 1.54) is 56.4 Å². The fourth-order valence-corrected chi connectivity index (χ4v) is 6.04. The molecular formula is C23H27N9S. The van der Waals surface area contributed by atoms with Crippen LogP contribution >= 0.6 is 11.3 Å². The van der Waals surface area contributed by atoms with Crippen LogP contribution < -0.4 is 11.1 Å². The molecule has 33 heavy (non-hydrogen) atoms. The molecule has 0 spiro atoms. The molecule has 6 rings (SSSR count). The highest BCUT2D eigenvalue weighted by atomic mass is 32.1. The van der Waals surface area contributed by atoms with Crippen LogP contribution in [0, 0.1) is 6.92 Å². The zero-order valence-corrected chi connectivity index (χ0v) is 19.5. The maximum atomic E-state index is 6.20. The van der Waals surface area contributed by atoms with Crippen molar-refractivity contribution in [3.05, 3.63) is 40.8 Å². The van der Waals surface area contributed by atoms with E-state index in [0.29, 0.717) is 17.8 Å². The van der Waals surface area contributed by atoms with Gasteiger partial charge in [-0.15, -0.1) is 16.4 Å². The highest BCUT2D eigenvalue weighted by Gasteiger charge is 2.25. The fraction of sp³-hybridized carbons (Fsp3) is 0.435. The smallest absolute Gasteiger partial charge is 0.248 e. The number of fused-ring (bicyclic) bond motifs is 2. The van der Waals surface area contributed by atoms with Gasteiger partial charge in [-0.25, -0.2) is 9.97 Å². The van der Waals surface area contributed by atoms with Crippen molar-refractivity contribution < 1.29 is 0 Å². The van der Waals surface area contributed by atoms with Crippen molar-refractivity contribution in [2.24, 2.45) is 0 Å². The van der Waals surface area contributed by atoms with Gasteiger partial charge in [-0.2, -0.15) is 9.67 Å². The summed E-state index contributed by atoms with van der Waals surface area (Å²) in [6.07, 6.45) is 10.6. The third-order valence-electron chi connectivity index (χ3n) is 6.78. The molecular weight excluding hydrogens is 434 g/mol. The molecule has 10 heteroatoms. The molecule has 1 aliphatic heterocycles. The molecule has 0 bridgehead atoms. The second kappa shape index (κ2) is 8.35. The first-order chi connectivity index (χ1) is 16.2. The third-order valence-corrected chi connectivity index (χ3v) is 7.86. The predicted octanol–water partition coefficient (Wildman–Crippen LogP) is 3.64. The average Bonchev–Trinajstić information content (AvgIpc) is 3.53. The van der Waals surface area contributed by atoms with E-state index < -0.39 is 0 Å². The van der Waals surface area contributed by atoms with Crippen LogP contribution in [0.3, 0.4) is 0 Å². The molecule has 0 radical (unpaired) electrons. The summed E-state index contributed by atoms with van der Waals surface area (Å²) in [5.74, 6) is 1.35. The summed E-state index contributed by atoms with van der Waals surface area (Å²) in [7, 11) is 0. The number of nitrogens with zero attached hydrogens (tertiary/aromatic N) is 7. The highest BCUT2D eigenvalue weighted by molar-refractivity contribution is 7.17. The monoisotopic (exact) mass is 461 g/mol. The number of nitrogens with two attached hydrogens (primary N) is 1. The Balaban J connectivity index is 1.23. The Morgan fingerprint density at radius 2 is 1.97 bits per heavy atom. The SMILES string of the molecule is Cc1csc2c(-n3nc(Nc4cnc5c(c4)CCC(N4CCCC4)CC5)nc3N)ncnc12. The molecule has 4 aromatic heterocycles. The van der Waals surface area contributed by atoms with Gasteiger partial charge in [0.2, 0.25) is 11.9 Å². The number of likely N-dealkylation sites (tertiary alicyclic amines) is 1. The van der Waals surface area contributed by atoms with Crippen molar-refractivity contribution in [3.63, 3.8) is 0 Å². The lowest BCUT2D eigenvalue weighted by atomic mass is 10.1. The molecule has 4 aromatic rings. The maximum Gasteiger partial charge on any atom is 0.248 e. The van der Waals surface area contributed by atoms with Gasteiger partial charge in [-0.05, 0) is 81.1 Å². The number of aromatic nitrogens is 6. The van der Waals surface area contributed by atoms with Gasteiger partial charge in [0.05, 0.1) is 22.1 Å². The van der Waals surface area contributed by atoms with Crippen molar-refractivity contribution in [2.45, 2.75) is 51.5 Å². The summed E-state index contributed by atoms with van der Waals surface area (Å²) in [6, 6.07) is 2.87. The van der Waals surface area contributed by atoms with E-state index in [-0.39, 0.29) is 5.95 Å². The molecule has 1 aliphatic carbocycles. The van der Waals surface area contributed by atoms with E-state index in [1.54, 1.807) is 16.0 Å². The minimum Gasteiger partial charge on any atom is -0.368 e. The summed E-state index contributed by atoms with van der Waals surface area (Å²) in [6.45, 7) is 4.54. The number of rotatable bonds is 4. The van der Waals surface area contributed by atoms with Gasteiger partial charge in [0.25, 0.3) is 0 Å². The molecule has 1 atom stereocenters. The number of hydrogen-bond acceptors (Lipinski definition) is 9. The Morgan fingerprint density at radius 1 is 1.12 bits per heavy atom. The van der Waals surface area contributed by atoms with E-state index in [9.17, 15) is 0 Å². The maximum absolute atomic E-state index is 6.20. The van der Waals surface area contributed by atoms with Gasteiger partial charge in [0.1, 0.15) is 6.33 Å². The normalized spacial score (nSPS) is 19.0. The van der Waals surface area contributed by atoms with Gasteiger partial charge in [-0.1, -0.05) is 0 Å². The number of pyridine rings is 1. The molecule has 0 saturated carbocycles. The van der Waals surface area contributed by atoms with Crippen molar-refractivity contribution in [1.29, 1.82) is 0 Å². The topological polar surface area (TPSA) is 111 Å². The van der Waals surface area contributed by atoms with E-state index in [2.05, 4.69) is 41.7 Å². The predicted molar refractivity (Wildman–Crippen MR) is 130 cm³/mol. The number of nitrogen functional groups attached to an aromatic ring is 1. The lowest BCUT2D eigenvalue weighted by Gasteiger charge is -2.25. The lowest BCUT2D eigenvalue weighted by molar-refractivity contribution is 0.222. The molecule has 9 nitrogen and oxygen atoms in total. The van der Waals surface area contributed by atoms with Gasteiger partial charge < -0.3 is 16.0 Å². The number of hydrogen-bond donors (Lipinski definition) is 2. The molecule has 1 unspecified atom stereocenters. The Hall–Kier alpha value is -3.11. The van der Waals surface area contributed by atoms with E-state index in [1.807, 2.05) is 13.1 Å². The second-order valence-corrected chi connectivity index (χ2v) is 9.81. The van der Waals surface area contributed by atoms with E-state index in [4.69, 9.17) is 10.7 Å². The zero-order chi connectivity index (χ0) is 22.4. The van der Waals surface area contributed by atoms with Crippen molar-refractivity contribution in [1.82, 2.24) is 34.6 Å². The number of thiophene rings is 1. The van der Waals surface area contributed by atoms with Crippen LogP contribution in [-0.4, -0.2) is 53.7 Å². The average molecular weight is 462 g/mol. The Bertz CT molecular complexity index is 1300. The number of nitrogens with one attached hydrogen (secondary N) is 1. The largest absolute Gasteiger partial charge is 0.368 e. The van der Waals surface area contributed by atoms with E-state index in [0.717, 1.165) is 34.3 Å². The van der Waals surface area contributed by atoms with Gasteiger partial charge >= 0.3 is 0 Å². The van der Waals surface area contributed by atoms with Crippen molar-refractivity contribution >= 4 is 39.1 Å². The van der Waals surface area contributed by atoms with Crippen LogP contribution in [0.15, 0.2) is 24.0 Å². The summed E-state index contributed by atoms with van der Waals surface area (Å²) in [4.78, 5) is 20.7. The van der Waals surface area contributed by atoms with Crippen LogP contribution in [0.25, 0.3) is 16.0 Å². The Kier molecular flexibility index (Phi) is 5.18. The summed E-state index contributed by atoms with van der Waals surface area (Å²) < 4.78 is 2.51. The molecule has 0 amide bonds. The third kappa shape index (κ3) is 3.83. The summed E-state index contributed by atoms with van der Waals surface area (Å²) in [5, 5.41) is 9.93. The second-order valence-electron chi connectivity index (χ2n) is 8.93. The number of anilines is 3. The fourth-order valence-electron chi connectivity index (χ4n) is 5.06. The van der Waals surface area contributed by atoms with E-state index >= 15 is 0 Å². The zero-order valence-electron chi connectivity index (χ0n) is 18.7. The molecule has 1 fully saturated rings. The molecule has 1 saturated heterocycles. The Labute approximate surface area is 196 Å². The molecule has 170 valence electrons. The standard InChI is InChI=1S/C23H27N9S/c1-14-12-33-20-19(14)26-13-27-21(20)32-22(24)29-23(30-32)28-16-10-15-4-5-17(31-8-2-3-9-31)6-7-18(15)25-11-16/h10-13,17H,2-9H2,1H3,(H3,24,28,29,30). The van der Waals surface area contributed by atoms with Crippen LogP contribution in [0.5, 0.6) is 0 Å². The summed E-state index contributed by atoms with van der Waals surface area (Å²) >= 11 is 1.58. The first-order valence-electron chi connectivity index (χ1n) is 11.6. The van der Waals surface area contributed by atoms with Crippen LogP contribution in [0.2, 0.25) is 0 Å². The first-order valence-corrected chi connectivity index (χ1v) is 12.4. The minimum absolute atomic E-state index is 0.278.